The number of rotatable bonds is 5. The largest absolute Gasteiger partial charge is 0.489 e. The van der Waals surface area contributed by atoms with Crippen molar-refractivity contribution in [2.24, 2.45) is 0 Å². The average Bonchev–Trinajstić information content (AvgIpc) is 3.16. The van der Waals surface area contributed by atoms with Crippen molar-refractivity contribution in [1.29, 1.82) is 5.26 Å². The Kier molecular flexibility index (Phi) is 4.85. The van der Waals surface area contributed by atoms with Gasteiger partial charge in [-0.15, -0.1) is 0 Å². The lowest BCUT2D eigenvalue weighted by molar-refractivity contribution is 0.306. The molecule has 0 atom stereocenters. The van der Waals surface area contributed by atoms with Crippen LogP contribution in [0.15, 0.2) is 72.8 Å². The number of H-pyrrole nitrogens is 1. The number of para-hydroxylation sites is 2. The van der Waals surface area contributed by atoms with Gasteiger partial charge in [-0.2, -0.15) is 5.26 Å². The third kappa shape index (κ3) is 3.92. The third-order valence-electron chi connectivity index (χ3n) is 4.27. The lowest BCUT2D eigenvalue weighted by Crippen LogP contribution is -1.95. The molecule has 0 bridgehead atoms. The van der Waals surface area contributed by atoms with Crippen LogP contribution >= 0.6 is 0 Å². The zero-order chi connectivity index (χ0) is 19.3. The number of nitrogens with zero attached hydrogens (tertiary/aromatic N) is 2. The zero-order valence-electron chi connectivity index (χ0n) is 14.9. The molecule has 0 aliphatic carbocycles. The fraction of sp³-hybridized carbons (Fsp3) is 0.0435. The van der Waals surface area contributed by atoms with Crippen LogP contribution in [-0.4, -0.2) is 9.97 Å². The molecule has 0 aliphatic rings. The van der Waals surface area contributed by atoms with Crippen molar-refractivity contribution in [1.82, 2.24) is 9.97 Å². The molecule has 0 aliphatic heterocycles. The van der Waals surface area contributed by atoms with Gasteiger partial charge < -0.3 is 9.72 Å². The minimum absolute atomic E-state index is 0.266. The summed E-state index contributed by atoms with van der Waals surface area (Å²) in [6, 6.07) is 23.5. The molecule has 0 amide bonds. The van der Waals surface area contributed by atoms with E-state index in [4.69, 9.17) is 4.74 Å². The summed E-state index contributed by atoms with van der Waals surface area (Å²) in [5.41, 5.74) is 3.93. The van der Waals surface area contributed by atoms with Crippen LogP contribution in [0.25, 0.3) is 22.7 Å². The van der Waals surface area contributed by atoms with Gasteiger partial charge in [0, 0.05) is 0 Å². The van der Waals surface area contributed by atoms with E-state index >= 15 is 0 Å². The van der Waals surface area contributed by atoms with Crippen molar-refractivity contribution >= 4 is 22.7 Å². The predicted molar refractivity (Wildman–Crippen MR) is 107 cm³/mol. The maximum atomic E-state index is 12.9. The van der Waals surface area contributed by atoms with Crippen LogP contribution in [0.3, 0.4) is 0 Å². The second-order valence-corrected chi connectivity index (χ2v) is 6.26. The van der Waals surface area contributed by atoms with Crippen LogP contribution in [0.5, 0.6) is 5.75 Å². The van der Waals surface area contributed by atoms with E-state index in [-0.39, 0.29) is 5.82 Å². The lowest BCUT2D eigenvalue weighted by atomic mass is 10.1. The van der Waals surface area contributed by atoms with E-state index in [1.165, 1.54) is 12.1 Å². The summed E-state index contributed by atoms with van der Waals surface area (Å²) < 4.78 is 18.7. The van der Waals surface area contributed by atoms with Gasteiger partial charge in [-0.1, -0.05) is 36.4 Å². The molecular weight excluding hydrogens is 353 g/mol. The first-order valence-corrected chi connectivity index (χ1v) is 8.75. The number of fused-ring (bicyclic) bond motifs is 1. The van der Waals surface area contributed by atoms with Gasteiger partial charge in [0.25, 0.3) is 0 Å². The maximum absolute atomic E-state index is 12.9. The molecule has 4 aromatic rings. The number of aromatic nitrogens is 2. The Balaban J connectivity index is 1.49. The van der Waals surface area contributed by atoms with Gasteiger partial charge >= 0.3 is 0 Å². The van der Waals surface area contributed by atoms with Gasteiger partial charge in [-0.25, -0.2) is 9.37 Å². The molecule has 3 aromatic carbocycles. The summed E-state index contributed by atoms with van der Waals surface area (Å²) in [6.07, 6.45) is 1.78. The van der Waals surface area contributed by atoms with E-state index in [1.54, 1.807) is 18.2 Å². The van der Waals surface area contributed by atoms with E-state index in [0.717, 1.165) is 22.2 Å². The molecular formula is C23H16FN3O. The molecule has 0 fully saturated rings. The Bertz CT molecular complexity index is 1140. The molecule has 0 saturated heterocycles. The number of hydrogen-bond acceptors (Lipinski definition) is 3. The fourth-order valence-electron chi connectivity index (χ4n) is 2.81. The molecule has 0 spiro atoms. The number of imidazole rings is 1. The van der Waals surface area contributed by atoms with Crippen LogP contribution in [-0.2, 0) is 6.61 Å². The molecule has 1 N–H and O–H groups in total. The highest BCUT2D eigenvalue weighted by atomic mass is 19.1. The van der Waals surface area contributed by atoms with Gasteiger partial charge in [-0.3, -0.25) is 0 Å². The van der Waals surface area contributed by atoms with E-state index in [0.29, 0.717) is 23.8 Å². The van der Waals surface area contributed by atoms with Gasteiger partial charge in [-0.05, 0) is 53.6 Å². The highest BCUT2D eigenvalue weighted by molar-refractivity contribution is 5.90. The Morgan fingerprint density at radius 1 is 1.04 bits per heavy atom. The van der Waals surface area contributed by atoms with E-state index in [9.17, 15) is 9.65 Å². The summed E-state index contributed by atoms with van der Waals surface area (Å²) in [5.74, 6) is 0.974. The van der Waals surface area contributed by atoms with Crippen LogP contribution in [0.1, 0.15) is 17.0 Å². The average molecular weight is 369 g/mol. The summed E-state index contributed by atoms with van der Waals surface area (Å²) in [7, 11) is 0. The molecule has 5 heteroatoms. The molecule has 0 radical (unpaired) electrons. The van der Waals surface area contributed by atoms with Crippen molar-refractivity contribution in [2.75, 3.05) is 0 Å². The van der Waals surface area contributed by atoms with E-state index < -0.39 is 0 Å². The number of nitriles is 1. The van der Waals surface area contributed by atoms with Gasteiger partial charge in [0.2, 0.25) is 0 Å². The van der Waals surface area contributed by atoms with Crippen LogP contribution < -0.4 is 4.74 Å². The van der Waals surface area contributed by atoms with E-state index in [2.05, 4.69) is 16.0 Å². The normalized spacial score (nSPS) is 11.4. The topological polar surface area (TPSA) is 61.7 Å². The number of aromatic amines is 1. The highest BCUT2D eigenvalue weighted by Gasteiger charge is 2.07. The summed E-state index contributed by atoms with van der Waals surface area (Å²) in [4.78, 5) is 7.64. The smallest absolute Gasteiger partial charge is 0.149 e. The summed E-state index contributed by atoms with van der Waals surface area (Å²) in [5, 5.41) is 9.52. The highest BCUT2D eigenvalue weighted by Crippen LogP contribution is 2.21. The monoisotopic (exact) mass is 369 g/mol. The van der Waals surface area contributed by atoms with Crippen LogP contribution in [0, 0.1) is 17.1 Å². The quantitative estimate of drug-likeness (QED) is 0.483. The van der Waals surface area contributed by atoms with Crippen molar-refractivity contribution in [2.45, 2.75) is 6.61 Å². The number of halogens is 1. The first-order valence-electron chi connectivity index (χ1n) is 8.75. The molecule has 4 nitrogen and oxygen atoms in total. The van der Waals surface area contributed by atoms with Gasteiger partial charge in [0.1, 0.15) is 30.1 Å². The first-order chi connectivity index (χ1) is 13.7. The molecule has 4 rings (SSSR count). The lowest BCUT2D eigenvalue weighted by Gasteiger charge is -2.06. The minimum atomic E-state index is -0.266. The SMILES string of the molecule is N#CC(=Cc1ccc(OCc2ccc(F)cc2)cc1)c1nc2ccccc2[nH]1. The number of ether oxygens (including phenoxy) is 1. The van der Waals surface area contributed by atoms with Crippen LogP contribution in [0.4, 0.5) is 4.39 Å². The molecule has 0 unspecified atom stereocenters. The van der Waals surface area contributed by atoms with Gasteiger partial charge in [0.05, 0.1) is 16.6 Å². The molecule has 1 aromatic heterocycles. The Morgan fingerprint density at radius 2 is 1.79 bits per heavy atom. The van der Waals surface area contributed by atoms with E-state index in [1.807, 2.05) is 48.5 Å². The maximum Gasteiger partial charge on any atom is 0.149 e. The third-order valence-corrected chi connectivity index (χ3v) is 4.27. The second-order valence-electron chi connectivity index (χ2n) is 6.26. The zero-order valence-corrected chi connectivity index (χ0v) is 14.9. The summed E-state index contributed by atoms with van der Waals surface area (Å²) in [6.45, 7) is 0.359. The number of hydrogen-bond donors (Lipinski definition) is 1. The first kappa shape index (κ1) is 17.5. The Labute approximate surface area is 161 Å². The van der Waals surface area contributed by atoms with Crippen molar-refractivity contribution in [3.05, 3.63) is 95.6 Å². The summed E-state index contributed by atoms with van der Waals surface area (Å²) >= 11 is 0. The van der Waals surface area contributed by atoms with Crippen molar-refractivity contribution in [3.8, 4) is 11.8 Å². The van der Waals surface area contributed by atoms with Crippen LogP contribution in [0.2, 0.25) is 0 Å². The molecule has 0 saturated carbocycles. The number of benzene rings is 3. The van der Waals surface area contributed by atoms with Gasteiger partial charge in [0.15, 0.2) is 0 Å². The minimum Gasteiger partial charge on any atom is -0.489 e. The molecule has 28 heavy (non-hydrogen) atoms. The predicted octanol–water partition coefficient (Wildman–Crippen LogP) is 5.35. The fourth-order valence-corrected chi connectivity index (χ4v) is 2.81. The Hall–Kier alpha value is -3.91. The standard InChI is InChI=1S/C23H16FN3O/c24-19-9-5-17(6-10-19)15-28-20-11-7-16(8-12-20)13-18(14-25)23-26-21-3-1-2-4-22(21)27-23/h1-13H,15H2,(H,26,27). The second kappa shape index (κ2) is 7.77. The Morgan fingerprint density at radius 3 is 2.50 bits per heavy atom. The number of allylic oxidation sites excluding steroid dienone is 1. The molecule has 136 valence electrons. The molecule has 1 heterocycles. The van der Waals surface area contributed by atoms with Crippen molar-refractivity contribution < 1.29 is 9.13 Å². The number of nitrogens with one attached hydrogen (secondary N) is 1. The van der Waals surface area contributed by atoms with Crippen molar-refractivity contribution in [3.63, 3.8) is 0 Å².